The maximum absolute atomic E-state index is 5.99. The molecule has 1 spiro atoms. The number of rotatable bonds is 2. The number of nitrogens with two attached hydrogens (primary N) is 1. The van der Waals surface area contributed by atoms with E-state index >= 15 is 0 Å². The fourth-order valence-corrected chi connectivity index (χ4v) is 2.25. The Balaban J connectivity index is 2.11. The summed E-state index contributed by atoms with van der Waals surface area (Å²) in [6.07, 6.45) is 9.48. The summed E-state index contributed by atoms with van der Waals surface area (Å²) in [4.78, 5) is 0. The molecule has 1 heterocycles. The molecular formula is C12H20N2. The molecule has 2 nitrogen and oxygen atoms in total. The van der Waals surface area contributed by atoms with Crippen molar-refractivity contribution in [2.45, 2.75) is 39.5 Å². The van der Waals surface area contributed by atoms with E-state index in [0.29, 0.717) is 5.41 Å². The maximum atomic E-state index is 5.99. The van der Waals surface area contributed by atoms with Crippen molar-refractivity contribution in [3.8, 4) is 0 Å². The van der Waals surface area contributed by atoms with Crippen LogP contribution in [0.1, 0.15) is 39.5 Å². The van der Waals surface area contributed by atoms with Crippen LogP contribution in [-0.2, 0) is 0 Å². The van der Waals surface area contributed by atoms with Crippen LogP contribution in [0.15, 0.2) is 23.4 Å². The fourth-order valence-electron chi connectivity index (χ4n) is 2.25. The molecule has 2 heteroatoms. The number of hydrogen-bond acceptors (Lipinski definition) is 2. The van der Waals surface area contributed by atoms with Crippen LogP contribution < -0.4 is 5.84 Å². The molecule has 0 unspecified atom stereocenters. The lowest BCUT2D eigenvalue weighted by molar-refractivity contribution is 0.371. The van der Waals surface area contributed by atoms with E-state index in [-0.39, 0.29) is 0 Å². The van der Waals surface area contributed by atoms with Crippen LogP contribution in [0, 0.1) is 5.41 Å². The van der Waals surface area contributed by atoms with Gasteiger partial charge in [0.05, 0.1) is 0 Å². The first-order valence-corrected chi connectivity index (χ1v) is 5.57. The zero-order chi connectivity index (χ0) is 10.2. The average Bonchev–Trinajstić information content (AvgIpc) is 2.84. The molecule has 2 fully saturated rings. The zero-order valence-corrected chi connectivity index (χ0v) is 9.21. The van der Waals surface area contributed by atoms with Gasteiger partial charge in [-0.3, -0.25) is 0 Å². The van der Waals surface area contributed by atoms with E-state index in [9.17, 15) is 0 Å². The summed E-state index contributed by atoms with van der Waals surface area (Å²) in [5, 5.41) is 1.95. The molecule has 2 rings (SSSR count). The van der Waals surface area contributed by atoms with Crippen molar-refractivity contribution in [2.24, 2.45) is 11.3 Å². The number of nitrogens with zero attached hydrogens (tertiary/aromatic N) is 1. The molecule has 1 aliphatic carbocycles. The molecule has 0 aromatic heterocycles. The van der Waals surface area contributed by atoms with Gasteiger partial charge in [0, 0.05) is 12.2 Å². The predicted octanol–water partition coefficient (Wildman–Crippen LogP) is 2.59. The molecule has 78 valence electrons. The van der Waals surface area contributed by atoms with Gasteiger partial charge in [-0.25, -0.2) is 5.84 Å². The lowest BCUT2D eigenvalue weighted by atomic mass is 10.0. The molecule has 0 atom stereocenters. The first-order valence-electron chi connectivity index (χ1n) is 5.57. The van der Waals surface area contributed by atoms with Crippen molar-refractivity contribution >= 4 is 0 Å². The minimum absolute atomic E-state index is 0.577. The van der Waals surface area contributed by atoms with E-state index < -0.39 is 0 Å². The Bertz CT molecular complexity index is 285. The van der Waals surface area contributed by atoms with Gasteiger partial charge in [-0.05, 0) is 44.1 Å². The zero-order valence-electron chi connectivity index (χ0n) is 9.21. The maximum Gasteiger partial charge on any atom is 0.0398 e. The number of allylic oxidation sites excluding steroid dienone is 4. The Kier molecular flexibility index (Phi) is 2.40. The molecule has 2 N–H and O–H groups in total. The summed E-state index contributed by atoms with van der Waals surface area (Å²) in [7, 11) is 0. The Hall–Kier alpha value is -0.760. The smallest absolute Gasteiger partial charge is 0.0398 e. The predicted molar refractivity (Wildman–Crippen MR) is 59.3 cm³/mol. The van der Waals surface area contributed by atoms with E-state index in [0.717, 1.165) is 13.0 Å². The van der Waals surface area contributed by atoms with Crippen LogP contribution >= 0.6 is 0 Å². The second kappa shape index (κ2) is 3.43. The summed E-state index contributed by atoms with van der Waals surface area (Å²) in [6.45, 7) is 5.35. The highest BCUT2D eigenvalue weighted by Crippen LogP contribution is 2.55. The highest BCUT2D eigenvalue weighted by molar-refractivity contribution is 5.27. The summed E-state index contributed by atoms with van der Waals surface area (Å²) in [5.41, 5.74) is 3.30. The lowest BCUT2D eigenvalue weighted by Gasteiger charge is -2.12. The van der Waals surface area contributed by atoms with Gasteiger partial charge < -0.3 is 5.01 Å². The van der Waals surface area contributed by atoms with Crippen molar-refractivity contribution in [1.82, 2.24) is 5.01 Å². The number of hydrogen-bond donors (Lipinski definition) is 1. The van der Waals surface area contributed by atoms with Gasteiger partial charge in [-0.1, -0.05) is 18.6 Å². The monoisotopic (exact) mass is 192 g/mol. The summed E-state index contributed by atoms with van der Waals surface area (Å²) < 4.78 is 0. The summed E-state index contributed by atoms with van der Waals surface area (Å²) in [5.74, 6) is 5.99. The van der Waals surface area contributed by atoms with Crippen LogP contribution in [0.3, 0.4) is 0 Å². The van der Waals surface area contributed by atoms with Crippen LogP contribution in [0.4, 0.5) is 0 Å². The minimum atomic E-state index is 0.577. The van der Waals surface area contributed by atoms with E-state index in [2.05, 4.69) is 26.0 Å². The first kappa shape index (κ1) is 9.78. The summed E-state index contributed by atoms with van der Waals surface area (Å²) >= 11 is 0. The van der Waals surface area contributed by atoms with Gasteiger partial charge in [0.1, 0.15) is 0 Å². The third kappa shape index (κ3) is 1.71. The van der Waals surface area contributed by atoms with Crippen LogP contribution in [0.25, 0.3) is 0 Å². The molecule has 14 heavy (non-hydrogen) atoms. The molecule has 0 aromatic rings. The van der Waals surface area contributed by atoms with E-state index in [1.54, 1.807) is 0 Å². The van der Waals surface area contributed by atoms with Crippen molar-refractivity contribution < 1.29 is 0 Å². The molecule has 1 saturated carbocycles. The van der Waals surface area contributed by atoms with Crippen LogP contribution in [0.5, 0.6) is 0 Å². The second-order valence-corrected chi connectivity index (χ2v) is 4.66. The van der Waals surface area contributed by atoms with Crippen molar-refractivity contribution in [1.29, 1.82) is 0 Å². The van der Waals surface area contributed by atoms with Crippen molar-refractivity contribution in [3.05, 3.63) is 23.4 Å². The topological polar surface area (TPSA) is 29.3 Å². The van der Waals surface area contributed by atoms with Gasteiger partial charge in [0.2, 0.25) is 0 Å². The van der Waals surface area contributed by atoms with E-state index in [1.165, 1.54) is 30.5 Å². The van der Waals surface area contributed by atoms with Gasteiger partial charge in [0.25, 0.3) is 0 Å². The second-order valence-electron chi connectivity index (χ2n) is 4.66. The van der Waals surface area contributed by atoms with Crippen LogP contribution in [-0.4, -0.2) is 11.6 Å². The number of hydrazine groups is 1. The van der Waals surface area contributed by atoms with Crippen molar-refractivity contribution in [3.63, 3.8) is 0 Å². The SMILES string of the molecule is C/C=C(\C=C1\CC2(CC2)CN1N)CC. The highest BCUT2D eigenvalue weighted by Gasteiger charge is 2.49. The van der Waals surface area contributed by atoms with Gasteiger partial charge in [-0.2, -0.15) is 0 Å². The average molecular weight is 192 g/mol. The first-order chi connectivity index (χ1) is 6.69. The molecule has 2 aliphatic rings. The van der Waals surface area contributed by atoms with Gasteiger partial charge in [0.15, 0.2) is 0 Å². The summed E-state index contributed by atoms with van der Waals surface area (Å²) in [6, 6.07) is 0. The Labute approximate surface area is 86.4 Å². The molecule has 0 radical (unpaired) electrons. The Morgan fingerprint density at radius 1 is 1.57 bits per heavy atom. The van der Waals surface area contributed by atoms with Gasteiger partial charge in [-0.15, -0.1) is 0 Å². The molecular weight excluding hydrogens is 172 g/mol. The van der Waals surface area contributed by atoms with Crippen LogP contribution in [0.2, 0.25) is 0 Å². The third-order valence-electron chi connectivity index (χ3n) is 3.52. The largest absolute Gasteiger partial charge is 0.315 e. The standard InChI is InChI=1S/C12H20N2/c1-3-10(4-2)7-11-8-12(5-6-12)9-14(11)13/h3,7H,4-6,8-9,13H2,1-2H3/b10-3-,11-7-. The Morgan fingerprint density at radius 3 is 2.71 bits per heavy atom. The minimum Gasteiger partial charge on any atom is -0.315 e. The van der Waals surface area contributed by atoms with E-state index in [4.69, 9.17) is 5.84 Å². The molecule has 1 saturated heterocycles. The van der Waals surface area contributed by atoms with Gasteiger partial charge >= 0.3 is 0 Å². The highest BCUT2D eigenvalue weighted by atomic mass is 15.4. The molecule has 0 amide bonds. The lowest BCUT2D eigenvalue weighted by Crippen LogP contribution is -2.27. The quantitative estimate of drug-likeness (QED) is 0.681. The fraction of sp³-hybridized carbons (Fsp3) is 0.667. The molecule has 0 bridgehead atoms. The van der Waals surface area contributed by atoms with Crippen molar-refractivity contribution in [2.75, 3.05) is 6.54 Å². The molecule has 0 aromatic carbocycles. The van der Waals surface area contributed by atoms with E-state index in [1.807, 2.05) is 5.01 Å². The normalized spacial score (nSPS) is 27.8. The molecule has 1 aliphatic heterocycles. The third-order valence-corrected chi connectivity index (χ3v) is 3.52. The Morgan fingerprint density at radius 2 is 2.29 bits per heavy atom.